The first-order valence-electron chi connectivity index (χ1n) is 7.06. The third-order valence-electron chi connectivity index (χ3n) is 3.28. The minimum atomic E-state index is -4.45. The van der Waals surface area contributed by atoms with Crippen molar-refractivity contribution < 1.29 is 27.5 Å². The second kappa shape index (κ2) is 7.41. The third kappa shape index (κ3) is 5.98. The maximum Gasteiger partial charge on any atom is 0.422 e. The highest BCUT2D eigenvalue weighted by Crippen LogP contribution is 2.27. The van der Waals surface area contributed by atoms with E-state index in [2.05, 4.69) is 10.6 Å². The summed E-state index contributed by atoms with van der Waals surface area (Å²) >= 11 is 0. The molecule has 1 aromatic rings. The van der Waals surface area contributed by atoms with Crippen LogP contribution in [0.15, 0.2) is 18.2 Å². The van der Waals surface area contributed by atoms with E-state index in [4.69, 9.17) is 10.5 Å². The molecule has 6 nitrogen and oxygen atoms in total. The van der Waals surface area contributed by atoms with Crippen LogP contribution in [0.2, 0.25) is 0 Å². The second-order valence-corrected chi connectivity index (χ2v) is 5.89. The number of alkyl halides is 3. The lowest BCUT2D eigenvalue weighted by atomic mass is 9.93. The summed E-state index contributed by atoms with van der Waals surface area (Å²) in [7, 11) is 0. The number of carbonyl (C=O) groups excluding carboxylic acids is 2. The average molecular weight is 347 g/mol. The van der Waals surface area contributed by atoms with Gasteiger partial charge >= 0.3 is 12.2 Å². The molecule has 1 aromatic carbocycles. The van der Waals surface area contributed by atoms with E-state index in [0.29, 0.717) is 11.3 Å². The number of primary amides is 1. The fourth-order valence-electron chi connectivity index (χ4n) is 1.62. The third-order valence-corrected chi connectivity index (χ3v) is 3.28. The first-order valence-corrected chi connectivity index (χ1v) is 7.06. The Labute approximate surface area is 137 Å². The number of ether oxygens (including phenoxy) is 1. The largest absolute Gasteiger partial charge is 0.484 e. The van der Waals surface area contributed by atoms with Crippen LogP contribution in [0.3, 0.4) is 0 Å². The number of urea groups is 1. The molecular formula is C15H20F3N3O3. The van der Waals surface area contributed by atoms with Gasteiger partial charge < -0.3 is 21.1 Å². The molecule has 3 amide bonds. The molecule has 0 spiro atoms. The van der Waals surface area contributed by atoms with E-state index in [9.17, 15) is 22.8 Å². The topological polar surface area (TPSA) is 93.5 Å². The van der Waals surface area contributed by atoms with Gasteiger partial charge in [0.25, 0.3) is 0 Å². The predicted molar refractivity (Wildman–Crippen MR) is 82.7 cm³/mol. The fraction of sp³-hybridized carbons (Fsp3) is 0.467. The quantitative estimate of drug-likeness (QED) is 0.738. The molecule has 0 aliphatic carbocycles. The maximum atomic E-state index is 12.2. The molecule has 9 heteroatoms. The average Bonchev–Trinajstić information content (AvgIpc) is 2.45. The lowest BCUT2D eigenvalue weighted by Crippen LogP contribution is -2.43. The summed E-state index contributed by atoms with van der Waals surface area (Å²) in [6.45, 7) is 3.27. The molecule has 0 fully saturated rings. The van der Waals surface area contributed by atoms with E-state index in [-0.39, 0.29) is 12.3 Å². The van der Waals surface area contributed by atoms with E-state index in [0.717, 1.165) is 0 Å². The Kier molecular flexibility index (Phi) is 6.05. The number of benzene rings is 1. The normalized spacial score (nSPS) is 11.8. The highest BCUT2D eigenvalue weighted by molar-refractivity contribution is 5.91. The Balaban J connectivity index is 2.71. The van der Waals surface area contributed by atoms with Gasteiger partial charge in [0.2, 0.25) is 5.91 Å². The molecule has 134 valence electrons. The molecule has 0 aromatic heterocycles. The molecule has 0 saturated carbocycles. The van der Waals surface area contributed by atoms with Gasteiger partial charge in [0.15, 0.2) is 6.61 Å². The molecule has 0 saturated heterocycles. The van der Waals surface area contributed by atoms with Crippen molar-refractivity contribution in [3.63, 3.8) is 0 Å². The molecule has 24 heavy (non-hydrogen) atoms. The minimum absolute atomic E-state index is 0.0114. The number of anilines is 1. The van der Waals surface area contributed by atoms with Crippen molar-refractivity contribution in [1.82, 2.24) is 5.32 Å². The molecule has 4 N–H and O–H groups in total. The van der Waals surface area contributed by atoms with Crippen LogP contribution < -0.4 is 21.1 Å². The van der Waals surface area contributed by atoms with Crippen LogP contribution in [-0.4, -0.2) is 31.3 Å². The van der Waals surface area contributed by atoms with E-state index >= 15 is 0 Å². The summed E-state index contributed by atoms with van der Waals surface area (Å²) in [5, 5.41) is 4.98. The Hall–Kier alpha value is -2.45. The van der Waals surface area contributed by atoms with E-state index in [1.165, 1.54) is 25.1 Å². The lowest BCUT2D eigenvalue weighted by molar-refractivity contribution is -0.153. The first kappa shape index (κ1) is 19.6. The zero-order valence-corrected chi connectivity index (χ0v) is 13.6. The van der Waals surface area contributed by atoms with Crippen LogP contribution >= 0.6 is 0 Å². The van der Waals surface area contributed by atoms with E-state index in [1.807, 2.05) is 0 Å². The number of hydrogen-bond donors (Lipinski definition) is 3. The standard InChI is InChI=1S/C15H20F3N3O3/c1-9-10(5-4-6-11(9)24-8-15(16,17)18)21-13(23)20-7-14(2,3)12(19)22/h4-6H,7-8H2,1-3H3,(H2,19,22)(H2,20,21,23). The Bertz CT molecular complexity index is 616. The van der Waals surface area contributed by atoms with Crippen molar-refractivity contribution in [1.29, 1.82) is 0 Å². The smallest absolute Gasteiger partial charge is 0.422 e. The van der Waals surface area contributed by atoms with Crippen molar-refractivity contribution in [2.75, 3.05) is 18.5 Å². The highest BCUT2D eigenvalue weighted by Gasteiger charge is 2.29. The molecule has 0 unspecified atom stereocenters. The van der Waals surface area contributed by atoms with Crippen LogP contribution in [0, 0.1) is 12.3 Å². The van der Waals surface area contributed by atoms with Crippen LogP contribution in [0.1, 0.15) is 19.4 Å². The number of nitrogens with one attached hydrogen (secondary N) is 2. The fourth-order valence-corrected chi connectivity index (χ4v) is 1.62. The summed E-state index contributed by atoms with van der Waals surface area (Å²) in [4.78, 5) is 23.1. The van der Waals surface area contributed by atoms with Crippen molar-refractivity contribution in [3.8, 4) is 5.75 Å². The molecule has 0 radical (unpaired) electrons. The summed E-state index contributed by atoms with van der Waals surface area (Å²) in [5.74, 6) is -0.552. The molecule has 0 heterocycles. The van der Waals surface area contributed by atoms with Gasteiger partial charge in [0, 0.05) is 17.8 Å². The van der Waals surface area contributed by atoms with Gasteiger partial charge in [0.05, 0.1) is 5.41 Å². The minimum Gasteiger partial charge on any atom is -0.484 e. The zero-order chi connectivity index (χ0) is 18.5. The van der Waals surface area contributed by atoms with Crippen molar-refractivity contribution >= 4 is 17.6 Å². The number of amides is 3. The predicted octanol–water partition coefficient (Wildman–Crippen LogP) is 2.57. The first-order chi connectivity index (χ1) is 10.9. The maximum absolute atomic E-state index is 12.2. The van der Waals surface area contributed by atoms with Crippen molar-refractivity contribution in [3.05, 3.63) is 23.8 Å². The van der Waals surface area contributed by atoms with Gasteiger partial charge in [-0.15, -0.1) is 0 Å². The Morgan fingerprint density at radius 3 is 2.42 bits per heavy atom. The Morgan fingerprint density at radius 2 is 1.88 bits per heavy atom. The Morgan fingerprint density at radius 1 is 1.25 bits per heavy atom. The van der Waals surface area contributed by atoms with Crippen molar-refractivity contribution in [2.24, 2.45) is 11.1 Å². The van der Waals surface area contributed by atoms with Gasteiger partial charge in [-0.05, 0) is 32.9 Å². The molecule has 0 aliphatic rings. The van der Waals surface area contributed by atoms with Gasteiger partial charge in [0.1, 0.15) is 5.75 Å². The highest BCUT2D eigenvalue weighted by atomic mass is 19.4. The molecule has 0 atom stereocenters. The van der Waals surface area contributed by atoms with Gasteiger partial charge in [-0.1, -0.05) is 6.07 Å². The van der Waals surface area contributed by atoms with E-state index < -0.39 is 30.1 Å². The van der Waals surface area contributed by atoms with Gasteiger partial charge in [-0.3, -0.25) is 4.79 Å². The zero-order valence-electron chi connectivity index (χ0n) is 13.6. The van der Waals surface area contributed by atoms with Crippen LogP contribution in [0.5, 0.6) is 5.75 Å². The lowest BCUT2D eigenvalue weighted by Gasteiger charge is -2.21. The van der Waals surface area contributed by atoms with Gasteiger partial charge in [-0.2, -0.15) is 13.2 Å². The van der Waals surface area contributed by atoms with E-state index in [1.54, 1.807) is 13.8 Å². The van der Waals surface area contributed by atoms with Crippen LogP contribution in [-0.2, 0) is 4.79 Å². The monoisotopic (exact) mass is 347 g/mol. The van der Waals surface area contributed by atoms with Gasteiger partial charge in [-0.25, -0.2) is 4.79 Å². The summed E-state index contributed by atoms with van der Waals surface area (Å²) in [5.41, 5.74) is 4.92. The van der Waals surface area contributed by atoms with Crippen LogP contribution in [0.25, 0.3) is 0 Å². The summed E-state index contributed by atoms with van der Waals surface area (Å²) in [6, 6.07) is 3.75. The number of nitrogens with two attached hydrogens (primary N) is 1. The number of halogens is 3. The van der Waals surface area contributed by atoms with Crippen LogP contribution in [0.4, 0.5) is 23.7 Å². The summed E-state index contributed by atoms with van der Waals surface area (Å²) < 4.78 is 41.4. The summed E-state index contributed by atoms with van der Waals surface area (Å²) in [6.07, 6.45) is -4.45. The molecular weight excluding hydrogens is 327 g/mol. The molecule has 0 aliphatic heterocycles. The molecule has 0 bridgehead atoms. The number of rotatable bonds is 6. The number of carbonyl (C=O) groups is 2. The SMILES string of the molecule is Cc1c(NC(=O)NCC(C)(C)C(N)=O)cccc1OCC(F)(F)F. The molecule has 1 rings (SSSR count). The second-order valence-electron chi connectivity index (χ2n) is 5.89. The van der Waals surface area contributed by atoms with Crippen molar-refractivity contribution in [2.45, 2.75) is 26.9 Å². The number of hydrogen-bond acceptors (Lipinski definition) is 3.